The fraction of sp³-hybridized carbons (Fsp3) is 0.611. The third-order valence-corrected chi connectivity index (χ3v) is 4.96. The van der Waals surface area contributed by atoms with Gasteiger partial charge in [0.1, 0.15) is 0 Å². The van der Waals surface area contributed by atoms with Gasteiger partial charge in [0.05, 0.1) is 0 Å². The maximum Gasteiger partial charge on any atom is 0.221 e. The van der Waals surface area contributed by atoms with Crippen LogP contribution in [0.4, 0.5) is 5.69 Å². The summed E-state index contributed by atoms with van der Waals surface area (Å²) in [6.07, 6.45) is 5.44. The Labute approximate surface area is 133 Å². The van der Waals surface area contributed by atoms with E-state index in [0.717, 1.165) is 37.8 Å². The number of rotatable bonds is 4. The lowest BCUT2D eigenvalue weighted by atomic mass is 9.89. The maximum atomic E-state index is 11.2. The number of anilines is 1. The largest absolute Gasteiger partial charge is 0.326 e. The maximum absolute atomic E-state index is 11.2. The van der Waals surface area contributed by atoms with E-state index in [1.54, 1.807) is 6.92 Å². The van der Waals surface area contributed by atoms with E-state index in [-0.39, 0.29) is 5.91 Å². The predicted octanol–water partition coefficient (Wildman–Crippen LogP) is 2.78. The number of benzene rings is 1. The van der Waals surface area contributed by atoms with Gasteiger partial charge in [0, 0.05) is 44.8 Å². The van der Waals surface area contributed by atoms with Gasteiger partial charge < -0.3 is 10.6 Å². The van der Waals surface area contributed by atoms with Gasteiger partial charge in [-0.15, -0.1) is 0 Å². The minimum Gasteiger partial charge on any atom is -0.326 e. The van der Waals surface area contributed by atoms with Gasteiger partial charge in [-0.25, -0.2) is 0 Å². The number of hydrogen-bond donors (Lipinski definition) is 2. The van der Waals surface area contributed by atoms with Crippen LogP contribution in [-0.2, 0) is 4.79 Å². The first-order valence-electron chi connectivity index (χ1n) is 8.56. The molecule has 2 N–H and O–H groups in total. The summed E-state index contributed by atoms with van der Waals surface area (Å²) < 4.78 is 0. The summed E-state index contributed by atoms with van der Waals surface area (Å²) in [6.45, 7) is 6.00. The fourth-order valence-corrected chi connectivity index (χ4v) is 3.98. The number of amides is 1. The molecule has 1 saturated heterocycles. The van der Waals surface area contributed by atoms with Gasteiger partial charge in [-0.1, -0.05) is 25.0 Å². The predicted molar refractivity (Wildman–Crippen MR) is 89.9 cm³/mol. The van der Waals surface area contributed by atoms with E-state index in [0.29, 0.717) is 6.04 Å². The topological polar surface area (TPSA) is 44.4 Å². The van der Waals surface area contributed by atoms with Crippen LogP contribution in [0.15, 0.2) is 24.3 Å². The first kappa shape index (κ1) is 15.5. The standard InChI is InChI=1S/C18H27N3O/c1-14(22)20-17-8-6-16(7-9-17)18(15-4-2-3-5-15)21-12-10-19-11-13-21/h6-9,15,18-19H,2-5,10-13H2,1H3,(H,20,22)/t18-/m0/s1. The molecule has 120 valence electrons. The van der Waals surface area contributed by atoms with Crippen LogP contribution in [0.25, 0.3) is 0 Å². The average Bonchev–Trinajstić information content (AvgIpc) is 3.04. The number of piperazine rings is 1. The van der Waals surface area contributed by atoms with E-state index in [1.807, 2.05) is 12.1 Å². The number of carbonyl (C=O) groups excluding carboxylic acids is 1. The first-order valence-corrected chi connectivity index (χ1v) is 8.56. The van der Waals surface area contributed by atoms with Crippen molar-refractivity contribution in [1.29, 1.82) is 0 Å². The average molecular weight is 301 g/mol. The van der Waals surface area contributed by atoms with Crippen molar-refractivity contribution in [2.45, 2.75) is 38.6 Å². The van der Waals surface area contributed by atoms with Crippen LogP contribution in [0.3, 0.4) is 0 Å². The number of carbonyl (C=O) groups is 1. The SMILES string of the molecule is CC(=O)Nc1ccc([C@H](C2CCCC2)N2CCNCC2)cc1. The van der Waals surface area contributed by atoms with Crippen LogP contribution in [0.5, 0.6) is 0 Å². The molecule has 4 heteroatoms. The van der Waals surface area contributed by atoms with E-state index in [4.69, 9.17) is 0 Å². The quantitative estimate of drug-likeness (QED) is 0.899. The van der Waals surface area contributed by atoms with Crippen molar-refractivity contribution in [3.8, 4) is 0 Å². The molecule has 0 unspecified atom stereocenters. The molecule has 2 fully saturated rings. The molecule has 0 bridgehead atoms. The molecule has 22 heavy (non-hydrogen) atoms. The van der Waals surface area contributed by atoms with E-state index in [1.165, 1.54) is 31.2 Å². The lowest BCUT2D eigenvalue weighted by Gasteiger charge is -2.38. The summed E-state index contributed by atoms with van der Waals surface area (Å²) in [6, 6.07) is 9.03. The van der Waals surface area contributed by atoms with Gasteiger partial charge >= 0.3 is 0 Å². The first-order chi connectivity index (χ1) is 10.7. The fourth-order valence-electron chi connectivity index (χ4n) is 3.98. The van der Waals surface area contributed by atoms with Crippen LogP contribution < -0.4 is 10.6 Å². The Morgan fingerprint density at radius 1 is 1.18 bits per heavy atom. The molecule has 1 saturated carbocycles. The van der Waals surface area contributed by atoms with Crippen LogP contribution >= 0.6 is 0 Å². The van der Waals surface area contributed by atoms with Crippen LogP contribution in [0, 0.1) is 5.92 Å². The molecule has 1 aliphatic carbocycles. The number of nitrogens with one attached hydrogen (secondary N) is 2. The minimum atomic E-state index is -0.0119. The van der Waals surface area contributed by atoms with Crippen molar-refractivity contribution in [3.63, 3.8) is 0 Å². The van der Waals surface area contributed by atoms with Gasteiger partial charge in [0.15, 0.2) is 0 Å². The second-order valence-electron chi connectivity index (χ2n) is 6.58. The van der Waals surface area contributed by atoms with E-state index in [9.17, 15) is 4.79 Å². The third kappa shape index (κ3) is 3.68. The van der Waals surface area contributed by atoms with Crippen LogP contribution in [-0.4, -0.2) is 37.0 Å². The van der Waals surface area contributed by atoms with Gasteiger partial charge in [-0.3, -0.25) is 9.69 Å². The van der Waals surface area contributed by atoms with Gasteiger partial charge in [0.2, 0.25) is 5.91 Å². The van der Waals surface area contributed by atoms with Gasteiger partial charge in [-0.05, 0) is 36.5 Å². The third-order valence-electron chi connectivity index (χ3n) is 4.96. The van der Waals surface area contributed by atoms with Crippen molar-refractivity contribution in [2.75, 3.05) is 31.5 Å². The van der Waals surface area contributed by atoms with E-state index < -0.39 is 0 Å². The van der Waals surface area contributed by atoms with Crippen molar-refractivity contribution in [2.24, 2.45) is 5.92 Å². The zero-order valence-corrected chi connectivity index (χ0v) is 13.5. The smallest absolute Gasteiger partial charge is 0.221 e. The van der Waals surface area contributed by atoms with Crippen molar-refractivity contribution in [1.82, 2.24) is 10.2 Å². The highest BCUT2D eigenvalue weighted by Gasteiger charge is 2.31. The summed E-state index contributed by atoms with van der Waals surface area (Å²) in [7, 11) is 0. The van der Waals surface area contributed by atoms with Crippen molar-refractivity contribution in [3.05, 3.63) is 29.8 Å². The Morgan fingerprint density at radius 3 is 2.41 bits per heavy atom. The monoisotopic (exact) mass is 301 g/mol. The summed E-state index contributed by atoms with van der Waals surface area (Å²) >= 11 is 0. The van der Waals surface area contributed by atoms with Gasteiger partial charge in [0.25, 0.3) is 0 Å². The summed E-state index contributed by atoms with van der Waals surface area (Å²) in [5.74, 6) is 0.770. The van der Waals surface area contributed by atoms with Crippen LogP contribution in [0.1, 0.15) is 44.2 Å². The minimum absolute atomic E-state index is 0.0119. The molecule has 1 heterocycles. The normalized spacial score (nSPS) is 21.7. The Morgan fingerprint density at radius 2 is 1.82 bits per heavy atom. The zero-order chi connectivity index (χ0) is 15.4. The summed E-state index contributed by atoms with van der Waals surface area (Å²) in [5.41, 5.74) is 2.30. The second-order valence-corrected chi connectivity index (χ2v) is 6.58. The summed E-state index contributed by atoms with van der Waals surface area (Å²) in [4.78, 5) is 13.8. The molecule has 1 aromatic carbocycles. The molecular weight excluding hydrogens is 274 g/mol. The Hall–Kier alpha value is -1.39. The van der Waals surface area contributed by atoms with E-state index >= 15 is 0 Å². The van der Waals surface area contributed by atoms with E-state index in [2.05, 4.69) is 27.7 Å². The molecule has 1 aromatic rings. The Balaban J connectivity index is 1.79. The number of hydrogen-bond acceptors (Lipinski definition) is 3. The highest BCUT2D eigenvalue weighted by molar-refractivity contribution is 5.88. The molecule has 0 radical (unpaired) electrons. The highest BCUT2D eigenvalue weighted by Crippen LogP contribution is 2.39. The Kier molecular flexibility index (Phi) is 5.11. The molecule has 3 rings (SSSR count). The molecule has 0 spiro atoms. The molecule has 4 nitrogen and oxygen atoms in total. The molecular formula is C18H27N3O. The zero-order valence-electron chi connectivity index (χ0n) is 13.5. The Bertz CT molecular complexity index is 488. The lowest BCUT2D eigenvalue weighted by Crippen LogP contribution is -2.46. The number of nitrogens with zero attached hydrogens (tertiary/aromatic N) is 1. The molecule has 2 aliphatic rings. The molecule has 1 aliphatic heterocycles. The second kappa shape index (κ2) is 7.25. The van der Waals surface area contributed by atoms with Crippen LogP contribution in [0.2, 0.25) is 0 Å². The molecule has 1 amide bonds. The summed E-state index contributed by atoms with van der Waals surface area (Å²) in [5, 5.41) is 6.31. The highest BCUT2D eigenvalue weighted by atomic mass is 16.1. The van der Waals surface area contributed by atoms with Crippen molar-refractivity contribution >= 4 is 11.6 Å². The van der Waals surface area contributed by atoms with Crippen molar-refractivity contribution < 1.29 is 4.79 Å². The molecule has 0 aromatic heterocycles. The van der Waals surface area contributed by atoms with Gasteiger partial charge in [-0.2, -0.15) is 0 Å². The lowest BCUT2D eigenvalue weighted by molar-refractivity contribution is -0.114. The molecule has 1 atom stereocenters.